The number of nitrogens with one attached hydrogen (secondary N) is 2. The minimum absolute atomic E-state index is 0.103. The van der Waals surface area contributed by atoms with E-state index in [2.05, 4.69) is 5.32 Å². The fraction of sp³-hybridized carbons (Fsp3) is 0.333. The Morgan fingerprint density at radius 3 is 2.34 bits per heavy atom. The molecular formula is C18H22ClN3O6S. The Labute approximate surface area is 173 Å². The number of aryl methyl sites for hydroxylation is 1. The van der Waals surface area contributed by atoms with Gasteiger partial charge in [-0.15, -0.1) is 0 Å². The van der Waals surface area contributed by atoms with E-state index in [1.807, 2.05) is 0 Å². The Morgan fingerprint density at radius 1 is 1.28 bits per heavy atom. The predicted octanol–water partition coefficient (Wildman–Crippen LogP) is 2.52. The van der Waals surface area contributed by atoms with Crippen LogP contribution in [0.1, 0.15) is 18.9 Å². The number of rotatable bonds is 9. The van der Waals surface area contributed by atoms with Gasteiger partial charge in [-0.2, -0.15) is 0 Å². The monoisotopic (exact) mass is 443 g/mol. The third-order valence-corrected chi connectivity index (χ3v) is 6.58. The Balaban J connectivity index is 2.88. The van der Waals surface area contributed by atoms with Crippen LogP contribution in [0.5, 0.6) is 11.5 Å². The number of carboxylic acids is 1. The summed E-state index contributed by atoms with van der Waals surface area (Å²) in [5.74, 6) is -0.335. The molecule has 29 heavy (non-hydrogen) atoms. The van der Waals surface area contributed by atoms with Crippen molar-refractivity contribution in [3.63, 3.8) is 0 Å². The molecule has 0 aliphatic heterocycles. The molecule has 0 amide bonds. The zero-order valence-electron chi connectivity index (χ0n) is 16.4. The summed E-state index contributed by atoms with van der Waals surface area (Å²) in [5, 5.41) is 19.8. The molecule has 0 radical (unpaired) electrons. The summed E-state index contributed by atoms with van der Waals surface area (Å²) >= 11 is 6.04. The highest BCUT2D eigenvalue weighted by Crippen LogP contribution is 2.36. The van der Waals surface area contributed by atoms with Crippen molar-refractivity contribution in [2.24, 2.45) is 0 Å². The van der Waals surface area contributed by atoms with Crippen LogP contribution in [0.2, 0.25) is 0 Å². The number of methoxy groups -OCH3 is 2. The van der Waals surface area contributed by atoms with Crippen LogP contribution in [0.3, 0.4) is 0 Å². The average molecular weight is 444 g/mol. The van der Waals surface area contributed by atoms with Crippen molar-refractivity contribution in [1.29, 1.82) is 5.41 Å². The highest BCUT2D eigenvalue weighted by Gasteiger charge is 2.29. The first-order valence-electron chi connectivity index (χ1n) is 8.44. The van der Waals surface area contributed by atoms with Gasteiger partial charge < -0.3 is 25.3 Å². The Morgan fingerprint density at radius 2 is 1.86 bits per heavy atom. The lowest BCUT2D eigenvalue weighted by atomic mass is 10.1. The molecule has 0 unspecified atom stereocenters. The molecule has 2 aromatic rings. The fourth-order valence-corrected chi connectivity index (χ4v) is 4.93. The summed E-state index contributed by atoms with van der Waals surface area (Å²) in [5.41, 5.74) is 0.496. The number of hydrogen-bond acceptors (Lipinski definition) is 7. The lowest BCUT2D eigenvalue weighted by Gasteiger charge is -2.13. The Kier molecular flexibility index (Phi) is 6.81. The molecule has 0 saturated heterocycles. The van der Waals surface area contributed by atoms with Gasteiger partial charge in [-0.3, -0.25) is 4.79 Å². The summed E-state index contributed by atoms with van der Waals surface area (Å²) in [6, 6.07) is 3.08. The van der Waals surface area contributed by atoms with Crippen molar-refractivity contribution in [3.05, 3.63) is 34.0 Å². The van der Waals surface area contributed by atoms with Crippen molar-refractivity contribution in [1.82, 2.24) is 9.29 Å². The van der Waals surface area contributed by atoms with Gasteiger partial charge in [0, 0.05) is 31.1 Å². The molecule has 0 fully saturated rings. The smallest absolute Gasteiger partial charge is 0.303 e. The molecule has 11 heteroatoms. The summed E-state index contributed by atoms with van der Waals surface area (Å²) in [6.07, 6.45) is 1.26. The number of allylic oxidation sites excluding steroid dienone is 1. The molecule has 9 nitrogen and oxygen atoms in total. The molecule has 0 spiro atoms. The van der Waals surface area contributed by atoms with E-state index < -0.39 is 20.9 Å². The molecule has 1 aromatic heterocycles. The second kappa shape index (κ2) is 8.75. The largest absolute Gasteiger partial charge is 0.493 e. The van der Waals surface area contributed by atoms with Gasteiger partial charge in [0.25, 0.3) is 10.0 Å². The van der Waals surface area contributed by atoms with E-state index >= 15 is 0 Å². The molecule has 2 rings (SSSR count). The van der Waals surface area contributed by atoms with Crippen molar-refractivity contribution in [2.75, 3.05) is 21.3 Å². The molecule has 1 aromatic carbocycles. The minimum atomic E-state index is -4.27. The molecule has 0 atom stereocenters. The van der Waals surface area contributed by atoms with Gasteiger partial charge in [-0.25, -0.2) is 12.4 Å². The molecule has 0 bridgehead atoms. The maximum absolute atomic E-state index is 13.3. The minimum Gasteiger partial charge on any atom is -0.493 e. The Bertz CT molecular complexity index is 1100. The van der Waals surface area contributed by atoms with E-state index in [1.54, 1.807) is 6.07 Å². The standard InChI is InChI=1S/C18H22ClN3O6S/c1-10(20)17(18(19)21-2)29(25,26)22-9-11(5-6-16(23)24)12-7-14(27-3)15(28-4)8-13(12)22/h7-9,20-21H,5-6H2,1-4H3,(H,23,24)/b18-17+,20-10?. The number of ether oxygens (including phenoxy) is 2. The van der Waals surface area contributed by atoms with Crippen LogP contribution in [-0.4, -0.2) is 50.4 Å². The van der Waals surface area contributed by atoms with Crippen molar-refractivity contribution in [2.45, 2.75) is 19.8 Å². The predicted molar refractivity (Wildman–Crippen MR) is 111 cm³/mol. The van der Waals surface area contributed by atoms with Gasteiger partial charge in [-0.05, 0) is 25.0 Å². The first kappa shape index (κ1) is 22.6. The van der Waals surface area contributed by atoms with Crippen LogP contribution >= 0.6 is 11.6 Å². The number of aliphatic carboxylic acids is 1. The summed E-state index contributed by atoms with van der Waals surface area (Å²) < 4.78 is 38.2. The molecular weight excluding hydrogens is 422 g/mol. The maximum Gasteiger partial charge on any atom is 0.303 e. The van der Waals surface area contributed by atoms with E-state index in [0.717, 1.165) is 3.97 Å². The number of benzene rings is 1. The molecule has 3 N–H and O–H groups in total. The van der Waals surface area contributed by atoms with Gasteiger partial charge in [0.05, 0.1) is 25.4 Å². The number of fused-ring (bicyclic) bond motifs is 1. The van der Waals surface area contributed by atoms with Crippen LogP contribution in [0.15, 0.2) is 28.4 Å². The number of carbonyl (C=O) groups is 1. The molecule has 0 saturated carbocycles. The van der Waals surface area contributed by atoms with Gasteiger partial charge in [0.1, 0.15) is 10.1 Å². The molecule has 0 aliphatic rings. The quantitative estimate of drug-likeness (QED) is 0.401. The van der Waals surface area contributed by atoms with Crippen LogP contribution < -0.4 is 14.8 Å². The van der Waals surface area contributed by atoms with Crippen LogP contribution in [0.4, 0.5) is 0 Å². The number of aromatic nitrogens is 1. The average Bonchev–Trinajstić information content (AvgIpc) is 3.02. The summed E-state index contributed by atoms with van der Waals surface area (Å²) in [6.45, 7) is 1.31. The Hall–Kier alpha value is -2.72. The van der Waals surface area contributed by atoms with Gasteiger partial charge in [0.15, 0.2) is 11.5 Å². The third-order valence-electron chi connectivity index (χ3n) is 4.24. The van der Waals surface area contributed by atoms with Crippen LogP contribution in [0.25, 0.3) is 10.9 Å². The number of nitrogens with zero attached hydrogens (tertiary/aromatic N) is 1. The van der Waals surface area contributed by atoms with E-state index in [4.69, 9.17) is 31.6 Å². The highest BCUT2D eigenvalue weighted by molar-refractivity contribution is 7.95. The number of carboxylic acid groups (broad SMARTS) is 1. The first-order chi connectivity index (χ1) is 13.6. The number of halogens is 1. The van der Waals surface area contributed by atoms with E-state index in [0.29, 0.717) is 22.4 Å². The fourth-order valence-electron chi connectivity index (χ4n) is 2.91. The third kappa shape index (κ3) is 4.33. The molecule has 1 heterocycles. The second-order valence-corrected chi connectivity index (χ2v) is 8.22. The normalized spacial score (nSPS) is 12.4. The first-order valence-corrected chi connectivity index (χ1v) is 10.3. The second-order valence-electron chi connectivity index (χ2n) is 6.09. The summed E-state index contributed by atoms with van der Waals surface area (Å²) in [7, 11) is 0.0413. The van der Waals surface area contributed by atoms with Crippen molar-refractivity contribution in [3.8, 4) is 11.5 Å². The zero-order valence-corrected chi connectivity index (χ0v) is 17.9. The van der Waals surface area contributed by atoms with Crippen LogP contribution in [0, 0.1) is 5.41 Å². The van der Waals surface area contributed by atoms with E-state index in [9.17, 15) is 13.2 Å². The number of hydrogen-bond donors (Lipinski definition) is 3. The summed E-state index contributed by atoms with van der Waals surface area (Å²) in [4.78, 5) is 10.6. The van der Waals surface area contributed by atoms with Crippen molar-refractivity contribution < 1.29 is 27.8 Å². The lowest BCUT2D eigenvalue weighted by molar-refractivity contribution is -0.136. The van der Waals surface area contributed by atoms with E-state index in [1.165, 1.54) is 40.5 Å². The molecule has 0 aliphatic carbocycles. The molecule has 158 valence electrons. The van der Waals surface area contributed by atoms with Gasteiger partial charge in [0.2, 0.25) is 0 Å². The SMILES string of the molecule is CN/C(Cl)=C(\C(C)=N)S(=O)(=O)n1cc(CCC(=O)O)c2cc(OC)c(OC)cc21. The highest BCUT2D eigenvalue weighted by atomic mass is 35.5. The van der Waals surface area contributed by atoms with Gasteiger partial charge >= 0.3 is 5.97 Å². The maximum atomic E-state index is 13.3. The van der Waals surface area contributed by atoms with Crippen molar-refractivity contribution >= 4 is 44.2 Å². The lowest BCUT2D eigenvalue weighted by Crippen LogP contribution is -2.22. The topological polar surface area (TPSA) is 131 Å². The zero-order chi connectivity index (χ0) is 21.9. The van der Waals surface area contributed by atoms with Gasteiger partial charge in [-0.1, -0.05) is 11.6 Å². The van der Waals surface area contributed by atoms with E-state index in [-0.39, 0.29) is 29.2 Å². The van der Waals surface area contributed by atoms with Crippen LogP contribution in [-0.2, 0) is 21.2 Å².